The van der Waals surface area contributed by atoms with Crippen LogP contribution in [0.3, 0.4) is 0 Å². The van der Waals surface area contributed by atoms with Crippen molar-refractivity contribution in [2.24, 2.45) is 5.92 Å². The maximum absolute atomic E-state index is 12.9. The van der Waals surface area contributed by atoms with E-state index in [0.717, 1.165) is 10.0 Å². The number of nitrogens with zero attached hydrogens (tertiary/aromatic N) is 2. The van der Waals surface area contributed by atoms with Gasteiger partial charge in [-0.15, -0.1) is 0 Å². The zero-order chi connectivity index (χ0) is 21.0. The Morgan fingerprint density at radius 1 is 1.00 bits per heavy atom. The van der Waals surface area contributed by atoms with Gasteiger partial charge in [0.1, 0.15) is 0 Å². The molecule has 156 valence electrons. The Morgan fingerprint density at radius 3 is 2.24 bits per heavy atom. The molecule has 1 aliphatic rings. The van der Waals surface area contributed by atoms with Gasteiger partial charge in [-0.05, 0) is 29.7 Å². The molecule has 6 nitrogen and oxygen atoms in total. The summed E-state index contributed by atoms with van der Waals surface area (Å²) in [5, 5.41) is 3.11. The Balaban J connectivity index is 1.63. The van der Waals surface area contributed by atoms with Crippen molar-refractivity contribution in [3.63, 3.8) is 0 Å². The van der Waals surface area contributed by atoms with E-state index in [1.54, 1.807) is 29.2 Å². The maximum Gasteiger partial charge on any atom is 0.317 e. The van der Waals surface area contributed by atoms with Crippen LogP contribution in [0.4, 0.5) is 4.79 Å². The van der Waals surface area contributed by atoms with E-state index in [0.29, 0.717) is 13.1 Å². The second kappa shape index (κ2) is 9.28. The molecule has 1 saturated heterocycles. The van der Waals surface area contributed by atoms with Crippen molar-refractivity contribution >= 4 is 32.0 Å². The van der Waals surface area contributed by atoms with Crippen molar-refractivity contribution in [3.05, 3.63) is 64.6 Å². The molecule has 1 atom stereocenters. The Kier molecular flexibility index (Phi) is 6.97. The second-order valence-corrected chi connectivity index (χ2v) is 10.3. The Hall–Kier alpha value is -1.90. The van der Waals surface area contributed by atoms with Crippen LogP contribution in [-0.2, 0) is 10.0 Å². The van der Waals surface area contributed by atoms with Crippen molar-refractivity contribution in [2.75, 3.05) is 26.2 Å². The average molecular weight is 480 g/mol. The SMILES string of the molecule is CC(C)[C@H](NC(=O)N1CCN(S(=O)(=O)c2cccc(Br)c2)CC1)c1ccccc1. The van der Waals surface area contributed by atoms with Crippen molar-refractivity contribution in [1.29, 1.82) is 0 Å². The quantitative estimate of drug-likeness (QED) is 0.707. The third-order valence-corrected chi connectivity index (χ3v) is 7.45. The average Bonchev–Trinajstić information content (AvgIpc) is 2.72. The number of rotatable bonds is 5. The number of amides is 2. The molecule has 0 radical (unpaired) electrons. The summed E-state index contributed by atoms with van der Waals surface area (Å²) in [4.78, 5) is 14.7. The first kappa shape index (κ1) is 21.8. The van der Waals surface area contributed by atoms with E-state index in [1.807, 2.05) is 30.3 Å². The molecule has 3 rings (SSSR count). The molecule has 1 heterocycles. The van der Waals surface area contributed by atoms with Crippen molar-refractivity contribution in [3.8, 4) is 0 Å². The summed E-state index contributed by atoms with van der Waals surface area (Å²) >= 11 is 3.32. The van der Waals surface area contributed by atoms with Crippen LogP contribution >= 0.6 is 15.9 Å². The molecule has 2 aromatic rings. The predicted molar refractivity (Wildman–Crippen MR) is 117 cm³/mol. The van der Waals surface area contributed by atoms with Gasteiger partial charge in [-0.3, -0.25) is 0 Å². The van der Waals surface area contributed by atoms with Gasteiger partial charge in [0.25, 0.3) is 0 Å². The van der Waals surface area contributed by atoms with Crippen LogP contribution in [-0.4, -0.2) is 49.8 Å². The van der Waals surface area contributed by atoms with Gasteiger partial charge in [-0.2, -0.15) is 4.31 Å². The molecule has 2 amide bonds. The minimum Gasteiger partial charge on any atom is -0.331 e. The molecule has 1 N–H and O–H groups in total. The van der Waals surface area contributed by atoms with E-state index in [-0.39, 0.29) is 36.0 Å². The van der Waals surface area contributed by atoms with Crippen LogP contribution in [0, 0.1) is 5.92 Å². The number of benzene rings is 2. The second-order valence-electron chi connectivity index (χ2n) is 7.43. The van der Waals surface area contributed by atoms with E-state index in [9.17, 15) is 13.2 Å². The molecule has 0 unspecified atom stereocenters. The summed E-state index contributed by atoms with van der Waals surface area (Å²) in [6.45, 7) is 5.41. The van der Waals surface area contributed by atoms with E-state index in [4.69, 9.17) is 0 Å². The lowest BCUT2D eigenvalue weighted by molar-refractivity contribution is 0.166. The van der Waals surface area contributed by atoms with Gasteiger partial charge in [0.2, 0.25) is 10.0 Å². The molecule has 0 aliphatic carbocycles. The highest BCUT2D eigenvalue weighted by atomic mass is 79.9. The van der Waals surface area contributed by atoms with Gasteiger partial charge in [0.05, 0.1) is 10.9 Å². The molecule has 29 heavy (non-hydrogen) atoms. The highest BCUT2D eigenvalue weighted by Crippen LogP contribution is 2.23. The summed E-state index contributed by atoms with van der Waals surface area (Å²) in [7, 11) is -3.57. The molecule has 2 aromatic carbocycles. The number of nitrogens with one attached hydrogen (secondary N) is 1. The highest BCUT2D eigenvalue weighted by Gasteiger charge is 2.31. The number of sulfonamides is 1. The van der Waals surface area contributed by atoms with Gasteiger partial charge in [-0.25, -0.2) is 13.2 Å². The van der Waals surface area contributed by atoms with Gasteiger partial charge in [0, 0.05) is 30.7 Å². The standard InChI is InChI=1S/C21H26BrN3O3S/c1-16(2)20(17-7-4-3-5-8-17)23-21(26)24-11-13-25(14-12-24)29(27,28)19-10-6-9-18(22)15-19/h3-10,15-16,20H,11-14H2,1-2H3,(H,23,26)/t20-/m0/s1. The van der Waals surface area contributed by atoms with E-state index >= 15 is 0 Å². The van der Waals surface area contributed by atoms with Gasteiger partial charge in [-0.1, -0.05) is 66.2 Å². The van der Waals surface area contributed by atoms with Crippen molar-refractivity contribution in [2.45, 2.75) is 24.8 Å². The smallest absolute Gasteiger partial charge is 0.317 e. The largest absolute Gasteiger partial charge is 0.331 e. The fraction of sp³-hybridized carbons (Fsp3) is 0.381. The van der Waals surface area contributed by atoms with Crippen LogP contribution < -0.4 is 5.32 Å². The molecule has 1 fully saturated rings. The minimum atomic E-state index is -3.57. The van der Waals surface area contributed by atoms with Gasteiger partial charge >= 0.3 is 6.03 Å². The van der Waals surface area contributed by atoms with Gasteiger partial charge < -0.3 is 10.2 Å². The summed E-state index contributed by atoms with van der Waals surface area (Å²) in [5.74, 6) is 0.236. The number of hydrogen-bond acceptors (Lipinski definition) is 3. The van der Waals surface area contributed by atoms with E-state index < -0.39 is 10.0 Å². The predicted octanol–water partition coefficient (Wildman–Crippen LogP) is 3.86. The minimum absolute atomic E-state index is 0.0906. The fourth-order valence-corrected chi connectivity index (χ4v) is 5.45. The summed E-state index contributed by atoms with van der Waals surface area (Å²) in [6, 6.07) is 16.3. The third-order valence-electron chi connectivity index (χ3n) is 5.06. The number of carbonyl (C=O) groups is 1. The number of halogens is 1. The summed E-state index contributed by atoms with van der Waals surface area (Å²) < 4.78 is 27.9. The zero-order valence-corrected chi connectivity index (χ0v) is 19.0. The molecule has 1 aliphatic heterocycles. The van der Waals surface area contributed by atoms with Gasteiger partial charge in [0.15, 0.2) is 0 Å². The molecular weight excluding hydrogens is 454 g/mol. The third kappa shape index (κ3) is 5.18. The molecular formula is C21H26BrN3O3S. The highest BCUT2D eigenvalue weighted by molar-refractivity contribution is 9.10. The topological polar surface area (TPSA) is 69.7 Å². The molecule has 0 saturated carbocycles. The van der Waals surface area contributed by atoms with E-state index in [1.165, 1.54) is 4.31 Å². The number of hydrogen-bond donors (Lipinski definition) is 1. The lowest BCUT2D eigenvalue weighted by Gasteiger charge is -2.35. The Bertz CT molecular complexity index is 943. The van der Waals surface area contributed by atoms with Crippen molar-refractivity contribution < 1.29 is 13.2 Å². The van der Waals surface area contributed by atoms with Crippen LogP contribution in [0.1, 0.15) is 25.5 Å². The van der Waals surface area contributed by atoms with Crippen LogP contribution in [0.15, 0.2) is 64.0 Å². The summed E-state index contributed by atoms with van der Waals surface area (Å²) in [6.07, 6.45) is 0. The lowest BCUT2D eigenvalue weighted by atomic mass is 9.96. The first-order valence-corrected chi connectivity index (χ1v) is 11.9. The maximum atomic E-state index is 12.9. The van der Waals surface area contributed by atoms with Crippen LogP contribution in [0.5, 0.6) is 0 Å². The Morgan fingerprint density at radius 2 is 1.66 bits per heavy atom. The first-order chi connectivity index (χ1) is 13.8. The normalized spacial score (nSPS) is 16.6. The fourth-order valence-electron chi connectivity index (χ4n) is 3.43. The number of carbonyl (C=O) groups excluding carboxylic acids is 1. The van der Waals surface area contributed by atoms with Crippen LogP contribution in [0.25, 0.3) is 0 Å². The summed E-state index contributed by atoms with van der Waals surface area (Å²) in [5.41, 5.74) is 1.06. The van der Waals surface area contributed by atoms with E-state index in [2.05, 4.69) is 35.1 Å². The zero-order valence-electron chi connectivity index (χ0n) is 16.6. The lowest BCUT2D eigenvalue weighted by Crippen LogP contribution is -2.53. The molecule has 0 spiro atoms. The monoisotopic (exact) mass is 479 g/mol. The molecule has 0 bridgehead atoms. The number of urea groups is 1. The molecule has 8 heteroatoms. The van der Waals surface area contributed by atoms with Crippen LogP contribution in [0.2, 0.25) is 0 Å². The van der Waals surface area contributed by atoms with Crippen molar-refractivity contribution in [1.82, 2.24) is 14.5 Å². The number of piperazine rings is 1. The first-order valence-electron chi connectivity index (χ1n) is 9.65. The molecule has 0 aromatic heterocycles. The Labute approximate surface area is 181 Å².